The predicted octanol–water partition coefficient (Wildman–Crippen LogP) is 0.830. The van der Waals surface area contributed by atoms with Gasteiger partial charge in [0.15, 0.2) is 0 Å². The van der Waals surface area contributed by atoms with E-state index in [0.717, 1.165) is 6.26 Å². The Morgan fingerprint density at radius 1 is 1.08 bits per heavy atom. The summed E-state index contributed by atoms with van der Waals surface area (Å²) in [6.45, 7) is 0.00297. The van der Waals surface area contributed by atoms with Gasteiger partial charge in [-0.3, -0.25) is 4.98 Å². The largest absolute Gasteiger partial charge is 0.497 e. The van der Waals surface area contributed by atoms with Crippen molar-refractivity contribution >= 4 is 20.0 Å². The number of benzene rings is 1. The highest BCUT2D eigenvalue weighted by molar-refractivity contribution is 7.89. The van der Waals surface area contributed by atoms with Gasteiger partial charge in [0.2, 0.25) is 20.0 Å². The zero-order valence-corrected chi connectivity index (χ0v) is 16.1. The summed E-state index contributed by atoms with van der Waals surface area (Å²) in [6.07, 6.45) is 2.65. The maximum atomic E-state index is 12.3. The van der Waals surface area contributed by atoms with Gasteiger partial charge in [-0.1, -0.05) is 6.07 Å². The monoisotopic (exact) mass is 399 g/mol. The predicted molar refractivity (Wildman–Crippen MR) is 97.7 cm³/mol. The molecular weight excluding hydrogens is 378 g/mol. The highest BCUT2D eigenvalue weighted by atomic mass is 32.2. The smallest absolute Gasteiger partial charge is 0.240 e. The van der Waals surface area contributed by atoms with Gasteiger partial charge in [-0.25, -0.2) is 21.6 Å². The van der Waals surface area contributed by atoms with Crippen molar-refractivity contribution in [1.82, 2.24) is 14.0 Å². The molecule has 0 saturated carbocycles. The molecule has 1 N–H and O–H groups in total. The molecule has 0 unspecified atom stereocenters. The van der Waals surface area contributed by atoms with Crippen molar-refractivity contribution in [2.75, 3.05) is 26.5 Å². The lowest BCUT2D eigenvalue weighted by atomic mass is 10.3. The van der Waals surface area contributed by atoms with E-state index in [1.165, 1.54) is 23.5 Å². The van der Waals surface area contributed by atoms with Crippen LogP contribution in [0.2, 0.25) is 0 Å². The number of sulfonamides is 2. The number of ether oxygens (including phenoxy) is 1. The average molecular weight is 399 g/mol. The maximum Gasteiger partial charge on any atom is 0.240 e. The third-order valence-electron chi connectivity index (χ3n) is 3.56. The molecule has 0 atom stereocenters. The van der Waals surface area contributed by atoms with Gasteiger partial charge in [0.25, 0.3) is 0 Å². The Hall–Kier alpha value is -2.01. The number of pyridine rings is 1. The van der Waals surface area contributed by atoms with Crippen molar-refractivity contribution in [3.8, 4) is 5.75 Å². The summed E-state index contributed by atoms with van der Waals surface area (Å²) in [6, 6.07) is 11.1. The second kappa shape index (κ2) is 8.58. The first-order valence-corrected chi connectivity index (χ1v) is 11.0. The third-order valence-corrected chi connectivity index (χ3v) is 6.28. The van der Waals surface area contributed by atoms with Gasteiger partial charge in [0.1, 0.15) is 5.75 Å². The number of methoxy groups -OCH3 is 1. The van der Waals surface area contributed by atoms with Gasteiger partial charge in [-0.2, -0.15) is 4.31 Å². The van der Waals surface area contributed by atoms with Gasteiger partial charge in [0.05, 0.1) is 30.5 Å². The molecular formula is C16H21N3O5S2. The molecule has 2 aromatic rings. The lowest BCUT2D eigenvalue weighted by molar-refractivity contribution is 0.408. The van der Waals surface area contributed by atoms with Crippen LogP contribution in [-0.4, -0.2) is 52.6 Å². The summed E-state index contributed by atoms with van der Waals surface area (Å²) in [5.41, 5.74) is 0.580. The number of rotatable bonds is 9. The zero-order chi connectivity index (χ0) is 19.2. The van der Waals surface area contributed by atoms with Crippen LogP contribution < -0.4 is 9.46 Å². The van der Waals surface area contributed by atoms with E-state index in [2.05, 4.69) is 9.71 Å². The van der Waals surface area contributed by atoms with Gasteiger partial charge in [-0.05, 0) is 36.4 Å². The number of hydrogen-bond acceptors (Lipinski definition) is 6. The summed E-state index contributed by atoms with van der Waals surface area (Å²) < 4.78 is 57.0. The zero-order valence-electron chi connectivity index (χ0n) is 14.5. The quantitative estimate of drug-likeness (QED) is 0.670. The van der Waals surface area contributed by atoms with E-state index in [1.807, 2.05) is 0 Å². The summed E-state index contributed by atoms with van der Waals surface area (Å²) in [7, 11) is -5.77. The Bertz CT molecular complexity index is 914. The maximum absolute atomic E-state index is 12.3. The van der Waals surface area contributed by atoms with Crippen LogP contribution in [0.3, 0.4) is 0 Å². The highest BCUT2D eigenvalue weighted by Crippen LogP contribution is 2.15. The molecule has 0 fully saturated rings. The fourth-order valence-corrected chi connectivity index (χ4v) is 3.99. The molecule has 2 rings (SSSR count). The molecule has 0 saturated heterocycles. The molecule has 0 radical (unpaired) electrons. The molecule has 10 heteroatoms. The second-order valence-electron chi connectivity index (χ2n) is 5.49. The third kappa shape index (κ3) is 5.77. The number of hydrogen-bond donors (Lipinski definition) is 1. The molecule has 0 amide bonds. The van der Waals surface area contributed by atoms with Crippen LogP contribution in [0.25, 0.3) is 0 Å². The number of aromatic nitrogens is 1. The minimum atomic E-state index is -3.74. The fourth-order valence-electron chi connectivity index (χ4n) is 2.18. The van der Waals surface area contributed by atoms with Crippen molar-refractivity contribution in [2.45, 2.75) is 11.4 Å². The normalized spacial score (nSPS) is 12.3. The van der Waals surface area contributed by atoms with Crippen molar-refractivity contribution < 1.29 is 21.6 Å². The Kier molecular flexibility index (Phi) is 6.70. The first-order chi connectivity index (χ1) is 12.2. The Morgan fingerprint density at radius 3 is 2.31 bits per heavy atom. The van der Waals surface area contributed by atoms with Crippen LogP contribution in [-0.2, 0) is 26.6 Å². The molecule has 0 spiro atoms. The molecule has 1 aromatic carbocycles. The Labute approximate surface area is 153 Å². The average Bonchev–Trinajstić information content (AvgIpc) is 2.61. The summed E-state index contributed by atoms with van der Waals surface area (Å²) in [4.78, 5) is 4.17. The van der Waals surface area contributed by atoms with Crippen molar-refractivity contribution in [3.63, 3.8) is 0 Å². The first kappa shape index (κ1) is 20.3. The van der Waals surface area contributed by atoms with Gasteiger partial charge < -0.3 is 4.74 Å². The minimum Gasteiger partial charge on any atom is -0.497 e. The summed E-state index contributed by atoms with van der Waals surface area (Å²) in [5.74, 6) is 0.544. The van der Waals surface area contributed by atoms with Crippen LogP contribution in [0, 0.1) is 0 Å². The Balaban J connectivity index is 2.01. The SMILES string of the molecule is COc1ccc(S(=O)(=O)NCCN(Cc2ccccn2)S(C)(=O)=O)cc1. The topological polar surface area (TPSA) is 106 Å². The number of nitrogens with zero attached hydrogens (tertiary/aromatic N) is 2. The molecule has 142 valence electrons. The molecule has 8 nitrogen and oxygen atoms in total. The molecule has 0 aliphatic rings. The van der Waals surface area contributed by atoms with Crippen LogP contribution in [0.15, 0.2) is 53.6 Å². The van der Waals surface area contributed by atoms with E-state index in [1.54, 1.807) is 36.5 Å². The van der Waals surface area contributed by atoms with Crippen molar-refractivity contribution in [1.29, 1.82) is 0 Å². The van der Waals surface area contributed by atoms with Crippen molar-refractivity contribution in [3.05, 3.63) is 54.4 Å². The fraction of sp³-hybridized carbons (Fsp3) is 0.312. The first-order valence-electron chi connectivity index (χ1n) is 7.71. The minimum absolute atomic E-state index is 0.00913. The van der Waals surface area contributed by atoms with Crippen LogP contribution >= 0.6 is 0 Å². The lowest BCUT2D eigenvalue weighted by Crippen LogP contribution is -2.37. The summed E-state index contributed by atoms with van der Waals surface area (Å²) in [5, 5.41) is 0. The van der Waals surface area contributed by atoms with Crippen LogP contribution in [0.1, 0.15) is 5.69 Å². The molecule has 1 aromatic heterocycles. The Morgan fingerprint density at radius 2 is 1.77 bits per heavy atom. The summed E-state index contributed by atoms with van der Waals surface area (Å²) >= 11 is 0. The van der Waals surface area contributed by atoms with E-state index < -0.39 is 20.0 Å². The highest BCUT2D eigenvalue weighted by Gasteiger charge is 2.19. The van der Waals surface area contributed by atoms with Gasteiger partial charge >= 0.3 is 0 Å². The molecule has 0 bridgehead atoms. The van der Waals surface area contributed by atoms with Gasteiger partial charge in [0, 0.05) is 19.3 Å². The standard InChI is InChI=1S/C16H21N3O5S2/c1-24-15-6-8-16(9-7-15)26(22,23)18-11-12-19(25(2,20)21)13-14-5-3-4-10-17-14/h3-10,18H,11-13H2,1-2H3. The van der Waals surface area contributed by atoms with Crippen LogP contribution in [0.5, 0.6) is 5.75 Å². The molecule has 0 aliphatic heterocycles. The van der Waals surface area contributed by atoms with Crippen LogP contribution in [0.4, 0.5) is 0 Å². The molecule has 26 heavy (non-hydrogen) atoms. The van der Waals surface area contributed by atoms with Crippen molar-refractivity contribution in [2.24, 2.45) is 0 Å². The molecule has 0 aliphatic carbocycles. The van der Waals surface area contributed by atoms with Gasteiger partial charge in [-0.15, -0.1) is 0 Å². The van der Waals surface area contributed by atoms with E-state index >= 15 is 0 Å². The molecule has 1 heterocycles. The van der Waals surface area contributed by atoms with E-state index in [4.69, 9.17) is 4.74 Å². The van der Waals surface area contributed by atoms with E-state index in [9.17, 15) is 16.8 Å². The lowest BCUT2D eigenvalue weighted by Gasteiger charge is -2.19. The van der Waals surface area contributed by atoms with E-state index in [-0.39, 0.29) is 24.5 Å². The number of nitrogens with one attached hydrogen (secondary N) is 1. The second-order valence-corrected chi connectivity index (χ2v) is 9.24. The van der Waals surface area contributed by atoms with E-state index in [0.29, 0.717) is 11.4 Å².